The summed E-state index contributed by atoms with van der Waals surface area (Å²) in [6.45, 7) is 18.8. The van der Waals surface area contributed by atoms with Crippen LogP contribution in [0.3, 0.4) is 0 Å². The molecule has 0 saturated heterocycles. The molecule has 0 heterocycles. The highest BCUT2D eigenvalue weighted by atomic mass is 13.5. The van der Waals surface area contributed by atoms with Crippen LogP contribution in [0.5, 0.6) is 0 Å². The molecule has 0 saturated carbocycles. The molecule has 0 heteroatoms. The van der Waals surface area contributed by atoms with E-state index in [1.807, 2.05) is 40.7 Å². The van der Waals surface area contributed by atoms with Crippen molar-refractivity contribution in [3.05, 3.63) is 25.3 Å². The molecule has 0 aliphatic rings. The van der Waals surface area contributed by atoms with Gasteiger partial charge in [0.25, 0.3) is 0 Å². The number of hydrogen-bond acceptors (Lipinski definition) is 0. The summed E-state index contributed by atoms with van der Waals surface area (Å²) >= 11 is 0. The number of hydrogen-bond donors (Lipinski definition) is 0. The topological polar surface area (TPSA) is 0 Å². The van der Waals surface area contributed by atoms with Gasteiger partial charge in [0.05, 0.1) is 0 Å². The van der Waals surface area contributed by atoms with Gasteiger partial charge >= 0.3 is 0 Å². The fourth-order valence-corrected chi connectivity index (χ4v) is 0. The zero-order valence-electron chi connectivity index (χ0n) is 9.28. The van der Waals surface area contributed by atoms with Gasteiger partial charge < -0.3 is 0 Å². The zero-order valence-corrected chi connectivity index (χ0v) is 9.28. The summed E-state index contributed by atoms with van der Waals surface area (Å²) in [5.41, 5.74) is 0. The molecule has 0 bridgehead atoms. The molecule has 0 N–H and O–H groups in total. The predicted molar refractivity (Wildman–Crippen MR) is 59.1 cm³/mol. The molecule has 0 rings (SSSR count). The molecule has 0 aromatic rings. The maximum absolute atomic E-state index is 3.48. The average molecular weight is 158 g/mol. The SMILES string of the molecule is C=CC.C=CCC.CC.CC. The lowest BCUT2D eigenvalue weighted by atomic mass is 10.5. The lowest BCUT2D eigenvalue weighted by Crippen LogP contribution is -1.36. The third kappa shape index (κ3) is 2300. The van der Waals surface area contributed by atoms with Crippen molar-refractivity contribution in [2.75, 3.05) is 0 Å². The van der Waals surface area contributed by atoms with E-state index in [2.05, 4.69) is 20.1 Å². The molecule has 70 valence electrons. The monoisotopic (exact) mass is 158 g/mol. The summed E-state index contributed by atoms with van der Waals surface area (Å²) in [6, 6.07) is 0. The smallest absolute Gasteiger partial charge is 0.0382 e. The van der Waals surface area contributed by atoms with Crippen molar-refractivity contribution in [1.29, 1.82) is 0 Å². The Morgan fingerprint density at radius 3 is 1.09 bits per heavy atom. The third-order valence-corrected chi connectivity index (χ3v) is 0.289. The largest absolute Gasteiger partial charge is 0.103 e. The molecule has 0 spiro atoms. The van der Waals surface area contributed by atoms with Gasteiger partial charge in [-0.05, 0) is 13.3 Å². The summed E-state index contributed by atoms with van der Waals surface area (Å²) < 4.78 is 0. The van der Waals surface area contributed by atoms with Gasteiger partial charge in [0.1, 0.15) is 0 Å². The highest BCUT2D eigenvalue weighted by Gasteiger charge is 1.45. The Morgan fingerprint density at radius 1 is 1.00 bits per heavy atom. The quantitative estimate of drug-likeness (QED) is 0.480. The Hall–Kier alpha value is -0.520. The second-order valence-electron chi connectivity index (χ2n) is 1.11. The van der Waals surface area contributed by atoms with E-state index in [4.69, 9.17) is 0 Å². The van der Waals surface area contributed by atoms with Crippen LogP contribution in [-0.4, -0.2) is 0 Å². The van der Waals surface area contributed by atoms with Gasteiger partial charge in [-0.2, -0.15) is 0 Å². The molecular weight excluding hydrogens is 132 g/mol. The van der Waals surface area contributed by atoms with Crippen LogP contribution in [0.4, 0.5) is 0 Å². The van der Waals surface area contributed by atoms with Gasteiger partial charge in [-0.3, -0.25) is 0 Å². The summed E-state index contributed by atoms with van der Waals surface area (Å²) in [5.74, 6) is 0. The predicted octanol–water partition coefficient (Wildman–Crippen LogP) is 4.83. The van der Waals surface area contributed by atoms with Crippen LogP contribution in [0.2, 0.25) is 0 Å². The van der Waals surface area contributed by atoms with Crippen LogP contribution >= 0.6 is 0 Å². The Balaban J connectivity index is -0.0000000315. The van der Waals surface area contributed by atoms with Crippen molar-refractivity contribution in [3.8, 4) is 0 Å². The normalized spacial score (nSPS) is 4.55. The summed E-state index contributed by atoms with van der Waals surface area (Å²) in [7, 11) is 0. The van der Waals surface area contributed by atoms with Crippen LogP contribution in [0.25, 0.3) is 0 Å². The maximum Gasteiger partial charge on any atom is -0.0382 e. The first-order valence-corrected chi connectivity index (χ1v) is 4.51. The Labute approximate surface area is 74.0 Å². The van der Waals surface area contributed by atoms with E-state index in [-0.39, 0.29) is 0 Å². The number of allylic oxidation sites excluding steroid dienone is 2. The van der Waals surface area contributed by atoms with E-state index in [9.17, 15) is 0 Å². The molecule has 0 fully saturated rings. The Bertz CT molecular complexity index is 35.3. The molecule has 0 atom stereocenters. The van der Waals surface area contributed by atoms with Crippen molar-refractivity contribution in [2.24, 2.45) is 0 Å². The average Bonchev–Trinajstić information content (AvgIpc) is 2.12. The maximum atomic E-state index is 3.48. The van der Waals surface area contributed by atoms with Gasteiger partial charge in [0.2, 0.25) is 0 Å². The molecule has 0 aliphatic carbocycles. The van der Waals surface area contributed by atoms with Crippen molar-refractivity contribution in [1.82, 2.24) is 0 Å². The van der Waals surface area contributed by atoms with Gasteiger partial charge in [0.15, 0.2) is 0 Å². The van der Waals surface area contributed by atoms with Crippen LogP contribution in [0.15, 0.2) is 25.3 Å². The van der Waals surface area contributed by atoms with Gasteiger partial charge in [-0.25, -0.2) is 0 Å². The van der Waals surface area contributed by atoms with Crippen LogP contribution in [0.1, 0.15) is 48.0 Å². The highest BCUT2D eigenvalue weighted by molar-refractivity contribution is 4.60. The van der Waals surface area contributed by atoms with Crippen molar-refractivity contribution in [2.45, 2.75) is 48.0 Å². The summed E-state index contributed by atoms with van der Waals surface area (Å²) in [6.07, 6.45) is 4.71. The molecular formula is C11H26. The fraction of sp³-hybridized carbons (Fsp3) is 0.636. The molecule has 0 amide bonds. The zero-order chi connectivity index (χ0) is 10.1. The molecule has 0 aromatic carbocycles. The van der Waals surface area contributed by atoms with Gasteiger partial charge in [-0.15, -0.1) is 13.2 Å². The Kier molecular flexibility index (Phi) is 226. The van der Waals surface area contributed by atoms with Gasteiger partial charge in [-0.1, -0.05) is 46.8 Å². The second-order valence-corrected chi connectivity index (χ2v) is 1.11. The van der Waals surface area contributed by atoms with E-state index >= 15 is 0 Å². The van der Waals surface area contributed by atoms with Gasteiger partial charge in [0, 0.05) is 0 Å². The first-order valence-electron chi connectivity index (χ1n) is 4.51. The summed E-state index contributed by atoms with van der Waals surface area (Å²) in [4.78, 5) is 0. The molecule has 0 aliphatic heterocycles. The fourth-order valence-electron chi connectivity index (χ4n) is 0. The van der Waals surface area contributed by atoms with Crippen molar-refractivity contribution < 1.29 is 0 Å². The van der Waals surface area contributed by atoms with Crippen LogP contribution < -0.4 is 0 Å². The van der Waals surface area contributed by atoms with Crippen LogP contribution in [-0.2, 0) is 0 Å². The minimum atomic E-state index is 1.08. The minimum Gasteiger partial charge on any atom is -0.103 e. The first-order chi connectivity index (χ1) is 5.33. The van der Waals surface area contributed by atoms with Crippen molar-refractivity contribution in [3.63, 3.8) is 0 Å². The van der Waals surface area contributed by atoms with E-state index in [1.165, 1.54) is 0 Å². The molecule has 0 radical (unpaired) electrons. The van der Waals surface area contributed by atoms with E-state index in [0.29, 0.717) is 0 Å². The lowest BCUT2D eigenvalue weighted by Gasteiger charge is -1.57. The lowest BCUT2D eigenvalue weighted by molar-refractivity contribution is 1.23. The minimum absolute atomic E-state index is 1.08. The molecule has 0 unspecified atom stereocenters. The third-order valence-electron chi connectivity index (χ3n) is 0.289. The van der Waals surface area contributed by atoms with Crippen LogP contribution in [0, 0.1) is 0 Å². The van der Waals surface area contributed by atoms with E-state index in [1.54, 1.807) is 6.08 Å². The Morgan fingerprint density at radius 2 is 1.09 bits per heavy atom. The standard InChI is InChI=1S/C4H8.C3H6.2C2H6/c1-3-4-2;1-3-2;2*1-2/h3H,1,4H2,2H3;3H,1H2,2H3;2*1-2H3. The van der Waals surface area contributed by atoms with Crippen molar-refractivity contribution >= 4 is 0 Å². The van der Waals surface area contributed by atoms with E-state index in [0.717, 1.165) is 6.42 Å². The highest BCUT2D eigenvalue weighted by Crippen LogP contribution is 1.66. The van der Waals surface area contributed by atoms with E-state index < -0.39 is 0 Å². The molecule has 0 nitrogen and oxygen atoms in total. The summed E-state index contributed by atoms with van der Waals surface area (Å²) in [5, 5.41) is 0. The second kappa shape index (κ2) is 111. The molecule has 11 heavy (non-hydrogen) atoms. The number of rotatable bonds is 1. The first kappa shape index (κ1) is 22.4. The molecule has 0 aromatic heterocycles.